The third-order valence-electron chi connectivity index (χ3n) is 4.19. The highest BCUT2D eigenvalue weighted by molar-refractivity contribution is 7.88. The molecule has 2 aromatic rings. The van der Waals surface area contributed by atoms with E-state index in [-0.39, 0.29) is 57.2 Å². The second-order valence-corrected chi connectivity index (χ2v) is 11.7. The highest BCUT2D eigenvalue weighted by Gasteiger charge is 2.21. The molecule has 1 aromatic carbocycles. The second-order valence-electron chi connectivity index (χ2n) is 7.04. The van der Waals surface area contributed by atoms with Crippen LogP contribution in [0, 0.1) is 0 Å². The van der Waals surface area contributed by atoms with Crippen molar-refractivity contribution in [3.63, 3.8) is 0 Å². The van der Waals surface area contributed by atoms with Crippen LogP contribution in [0.25, 0.3) is 0 Å². The van der Waals surface area contributed by atoms with Gasteiger partial charge in [0, 0.05) is 26.2 Å². The average Bonchev–Trinajstić information content (AvgIpc) is 2.74. The Morgan fingerprint density at radius 1 is 0.861 bits per heavy atom. The van der Waals surface area contributed by atoms with Crippen molar-refractivity contribution >= 4 is 53.8 Å². The van der Waals surface area contributed by atoms with Crippen LogP contribution >= 0.6 is 0 Å². The van der Waals surface area contributed by atoms with Crippen LogP contribution in [0.3, 0.4) is 0 Å². The molecule has 36 heavy (non-hydrogen) atoms. The van der Waals surface area contributed by atoms with Crippen LogP contribution in [0.5, 0.6) is 0 Å². The Bertz CT molecular complexity index is 1380. The first kappa shape index (κ1) is 29.5. The number of nitrogens with zero attached hydrogens (tertiary/aromatic N) is 4. The zero-order chi connectivity index (χ0) is 27.1. The first-order valence-corrected chi connectivity index (χ1v) is 14.7. The van der Waals surface area contributed by atoms with Crippen molar-refractivity contribution < 1.29 is 44.6 Å². The number of sulfonamides is 1. The van der Waals surface area contributed by atoms with Crippen LogP contribution in [0.4, 0.5) is 23.5 Å². The lowest BCUT2D eigenvalue weighted by Crippen LogP contribution is -2.32. The van der Waals surface area contributed by atoms with Gasteiger partial charge in [-0.25, -0.2) is 13.1 Å². The smallest absolute Gasteiger partial charge is 0.296 e. The number of anilines is 4. The fraction of sp³-hybridized carbons (Fsp3) is 0.438. The Hall–Kier alpha value is -2.72. The third-order valence-corrected chi connectivity index (χ3v) is 6.68. The Labute approximate surface area is 207 Å². The molecule has 0 saturated heterocycles. The summed E-state index contributed by atoms with van der Waals surface area (Å²) in [5.74, 6) is -0.608. The van der Waals surface area contributed by atoms with E-state index in [0.29, 0.717) is 0 Å². The molecule has 0 unspecified atom stereocenters. The first-order valence-electron chi connectivity index (χ1n) is 9.91. The van der Waals surface area contributed by atoms with Crippen LogP contribution in [0.2, 0.25) is 0 Å². The predicted molar refractivity (Wildman–Crippen MR) is 127 cm³/mol. The van der Waals surface area contributed by atoms with Crippen LogP contribution < -0.4 is 20.3 Å². The Balaban J connectivity index is 2.53. The van der Waals surface area contributed by atoms with Crippen molar-refractivity contribution in [2.75, 3.05) is 61.2 Å². The quantitative estimate of drug-likeness (QED) is 0.0942. The van der Waals surface area contributed by atoms with Crippen LogP contribution in [-0.2, 0) is 30.3 Å². The SMILES string of the molecule is CS(=O)(=O)NCCNc1nc(Nc2cc(S(=O)(=O)O)ccc2S(=O)(=O)O)nc(N(CCO)CCO)n1. The van der Waals surface area contributed by atoms with Gasteiger partial charge in [0.2, 0.25) is 27.9 Å². The number of hydrogen-bond acceptors (Lipinski definition) is 14. The molecule has 0 saturated carbocycles. The highest BCUT2D eigenvalue weighted by Crippen LogP contribution is 2.28. The van der Waals surface area contributed by atoms with Gasteiger partial charge >= 0.3 is 0 Å². The van der Waals surface area contributed by atoms with Gasteiger partial charge < -0.3 is 25.7 Å². The minimum absolute atomic E-state index is 0.00444. The number of benzene rings is 1. The average molecular weight is 572 g/mol. The zero-order valence-electron chi connectivity index (χ0n) is 18.7. The molecule has 17 nitrogen and oxygen atoms in total. The van der Waals surface area contributed by atoms with Gasteiger partial charge in [-0.3, -0.25) is 9.11 Å². The summed E-state index contributed by atoms with van der Waals surface area (Å²) in [5, 5.41) is 23.8. The molecule has 1 aromatic heterocycles. The molecule has 0 atom stereocenters. The Kier molecular flexibility index (Phi) is 9.85. The molecule has 0 aliphatic rings. The van der Waals surface area contributed by atoms with E-state index in [1.54, 1.807) is 0 Å². The lowest BCUT2D eigenvalue weighted by Gasteiger charge is -2.21. The summed E-state index contributed by atoms with van der Waals surface area (Å²) >= 11 is 0. The van der Waals surface area contributed by atoms with Crippen molar-refractivity contribution in [2.24, 2.45) is 0 Å². The number of aromatic nitrogens is 3. The molecular formula is C16H25N7O10S3. The minimum atomic E-state index is -4.87. The lowest BCUT2D eigenvalue weighted by molar-refractivity contribution is 0.280. The van der Waals surface area contributed by atoms with E-state index in [0.717, 1.165) is 24.5 Å². The lowest BCUT2D eigenvalue weighted by atomic mass is 10.3. The zero-order valence-corrected chi connectivity index (χ0v) is 21.2. The summed E-state index contributed by atoms with van der Waals surface area (Å²) in [4.78, 5) is 12.1. The monoisotopic (exact) mass is 571 g/mol. The largest absolute Gasteiger partial charge is 0.395 e. The summed E-state index contributed by atoms with van der Waals surface area (Å²) in [6.45, 7) is -0.786. The van der Waals surface area contributed by atoms with Gasteiger partial charge in [-0.1, -0.05) is 0 Å². The van der Waals surface area contributed by atoms with E-state index in [1.165, 1.54) is 4.90 Å². The summed E-state index contributed by atoms with van der Waals surface area (Å²) in [5.41, 5.74) is -0.509. The molecule has 0 fully saturated rings. The van der Waals surface area contributed by atoms with Crippen LogP contribution in [-0.4, -0.2) is 105 Å². The Morgan fingerprint density at radius 2 is 1.47 bits per heavy atom. The van der Waals surface area contributed by atoms with Crippen molar-refractivity contribution in [1.29, 1.82) is 0 Å². The predicted octanol–water partition coefficient (Wildman–Crippen LogP) is -2.14. The normalized spacial score (nSPS) is 12.4. The summed E-state index contributed by atoms with van der Waals surface area (Å²) in [6, 6.07) is 2.22. The van der Waals surface area contributed by atoms with Crippen LogP contribution in [0.1, 0.15) is 0 Å². The topological polar surface area (TPSA) is 261 Å². The number of rotatable bonds is 14. The third kappa shape index (κ3) is 9.05. The molecule has 0 aliphatic heterocycles. The molecule has 1 heterocycles. The van der Waals surface area contributed by atoms with Crippen molar-refractivity contribution in [1.82, 2.24) is 19.7 Å². The molecule has 7 N–H and O–H groups in total. The van der Waals surface area contributed by atoms with E-state index in [4.69, 9.17) is 0 Å². The van der Waals surface area contributed by atoms with E-state index in [1.807, 2.05) is 0 Å². The summed E-state index contributed by atoms with van der Waals surface area (Å²) in [6.07, 6.45) is 0.964. The molecule has 0 amide bonds. The second kappa shape index (κ2) is 12.0. The molecule has 0 bridgehead atoms. The molecule has 0 aliphatic carbocycles. The number of aliphatic hydroxyl groups is 2. The van der Waals surface area contributed by atoms with E-state index >= 15 is 0 Å². The maximum Gasteiger partial charge on any atom is 0.296 e. The van der Waals surface area contributed by atoms with Gasteiger partial charge in [-0.15, -0.1) is 0 Å². The van der Waals surface area contributed by atoms with Gasteiger partial charge in [0.1, 0.15) is 4.90 Å². The molecule has 20 heteroatoms. The minimum Gasteiger partial charge on any atom is -0.395 e. The maximum absolute atomic E-state index is 11.8. The Morgan fingerprint density at radius 3 is 2.00 bits per heavy atom. The standard InChI is InChI=1S/C16H25N7O10S3/c1-34(26,27)18-5-4-17-14-20-15(22-16(21-14)23(6-8-24)7-9-25)19-12-10-11(35(28,29)30)2-3-13(12)36(31,32)33/h2-3,10,18,24-25H,4-9H2,1H3,(H,28,29,30)(H,31,32,33)(H2,17,19,20,21,22). The van der Waals surface area contributed by atoms with Gasteiger partial charge in [0.25, 0.3) is 20.2 Å². The van der Waals surface area contributed by atoms with Crippen LogP contribution in [0.15, 0.2) is 28.0 Å². The van der Waals surface area contributed by atoms with E-state index in [2.05, 4.69) is 30.3 Å². The van der Waals surface area contributed by atoms with Gasteiger partial charge in [-0.05, 0) is 18.2 Å². The van der Waals surface area contributed by atoms with Gasteiger partial charge in [0.05, 0.1) is 30.1 Å². The molecule has 202 valence electrons. The molecular weight excluding hydrogens is 546 g/mol. The highest BCUT2D eigenvalue weighted by atomic mass is 32.2. The first-order chi connectivity index (χ1) is 16.6. The fourth-order valence-corrected chi connectivity index (χ4v) is 4.33. The van der Waals surface area contributed by atoms with Crippen molar-refractivity contribution in [3.8, 4) is 0 Å². The number of hydrogen-bond donors (Lipinski definition) is 7. The molecule has 2 rings (SSSR count). The van der Waals surface area contributed by atoms with E-state index < -0.39 is 45.7 Å². The number of nitrogens with one attached hydrogen (secondary N) is 3. The van der Waals surface area contributed by atoms with Gasteiger partial charge in [-0.2, -0.15) is 31.8 Å². The van der Waals surface area contributed by atoms with Gasteiger partial charge in [0.15, 0.2) is 0 Å². The fourth-order valence-electron chi connectivity index (χ4n) is 2.72. The summed E-state index contributed by atoms with van der Waals surface area (Å²) < 4.78 is 90.1. The maximum atomic E-state index is 11.8. The molecule has 0 radical (unpaired) electrons. The van der Waals surface area contributed by atoms with Crippen molar-refractivity contribution in [2.45, 2.75) is 9.79 Å². The number of aliphatic hydroxyl groups excluding tert-OH is 2. The molecule has 0 spiro atoms. The van der Waals surface area contributed by atoms with E-state index in [9.17, 15) is 44.6 Å². The van der Waals surface area contributed by atoms with Crippen molar-refractivity contribution in [3.05, 3.63) is 18.2 Å². The summed E-state index contributed by atoms with van der Waals surface area (Å²) in [7, 11) is -13.1.